The van der Waals surface area contributed by atoms with Gasteiger partial charge in [0.05, 0.1) is 19.7 Å². The van der Waals surface area contributed by atoms with Gasteiger partial charge in [-0.2, -0.15) is 5.10 Å². The minimum absolute atomic E-state index is 0.0597. The number of phenols is 1. The normalized spacial score (nSPS) is 10.6. The summed E-state index contributed by atoms with van der Waals surface area (Å²) in [6, 6.07) is 4.89. The molecule has 0 spiro atoms. The van der Waals surface area contributed by atoms with E-state index in [1.54, 1.807) is 18.2 Å². The maximum atomic E-state index is 11.8. The van der Waals surface area contributed by atoms with E-state index in [0.29, 0.717) is 16.3 Å². The molecule has 0 atom stereocenters. The first kappa shape index (κ1) is 18.6. The highest BCUT2D eigenvalue weighted by atomic mass is 35.5. The monoisotopic (exact) mass is 383 g/mol. The van der Waals surface area contributed by atoms with Gasteiger partial charge in [-0.25, -0.2) is 5.43 Å². The van der Waals surface area contributed by atoms with E-state index in [1.165, 1.54) is 13.3 Å². The number of hydrazone groups is 1. The molecule has 0 radical (unpaired) electrons. The number of halogens is 1. The van der Waals surface area contributed by atoms with Crippen molar-refractivity contribution < 1.29 is 19.4 Å². The summed E-state index contributed by atoms with van der Waals surface area (Å²) in [7, 11) is 1.43. The molecule has 1 aromatic heterocycles. The Hall–Kier alpha value is -2.72. The fourth-order valence-electron chi connectivity index (χ4n) is 1.69. The lowest BCUT2D eigenvalue weighted by atomic mass is 10.2. The molecule has 132 valence electrons. The van der Waals surface area contributed by atoms with Crippen molar-refractivity contribution in [3.8, 4) is 11.5 Å². The number of amides is 2. The van der Waals surface area contributed by atoms with Crippen molar-refractivity contribution in [3.05, 3.63) is 28.8 Å². The summed E-state index contributed by atoms with van der Waals surface area (Å²) < 4.78 is 4.98. The fraction of sp³-hybridized carbons (Fsp3) is 0.214. The Bertz CT molecular complexity index is 795. The first-order valence-corrected chi connectivity index (χ1v) is 8.24. The standard InChI is InChI=1S/C14H14ClN5O4S/c1-24-9-4-2-3-8(13(9)23)7-16-18-10(21)5-12-19-20-14(25-12)17-11(22)6-15/h2-4,7,23H,5-6H2,1H3,(H,18,21)(H,17,20,22)/b16-7-. The van der Waals surface area contributed by atoms with Crippen molar-refractivity contribution in [1.29, 1.82) is 0 Å². The number of alkyl halides is 1. The first-order chi connectivity index (χ1) is 12.0. The minimum Gasteiger partial charge on any atom is -0.504 e. The average molecular weight is 384 g/mol. The number of rotatable bonds is 7. The zero-order valence-corrected chi connectivity index (χ0v) is 14.6. The van der Waals surface area contributed by atoms with Crippen LogP contribution in [0.5, 0.6) is 11.5 Å². The summed E-state index contributed by atoms with van der Waals surface area (Å²) in [6.07, 6.45) is 1.23. The summed E-state index contributed by atoms with van der Waals surface area (Å²) in [5, 5.41) is 24.3. The number of hydrogen-bond acceptors (Lipinski definition) is 8. The molecule has 2 amide bonds. The van der Waals surface area contributed by atoms with E-state index in [-0.39, 0.29) is 23.2 Å². The average Bonchev–Trinajstić information content (AvgIpc) is 3.03. The molecule has 2 rings (SSSR count). The molecule has 1 aromatic carbocycles. The number of nitrogens with zero attached hydrogens (tertiary/aromatic N) is 3. The third-order valence-corrected chi connectivity index (χ3v) is 3.87. The van der Waals surface area contributed by atoms with E-state index in [2.05, 4.69) is 26.0 Å². The minimum atomic E-state index is -0.426. The highest BCUT2D eigenvalue weighted by molar-refractivity contribution is 7.15. The topological polar surface area (TPSA) is 126 Å². The Labute approximate surface area is 151 Å². The van der Waals surface area contributed by atoms with Crippen LogP contribution >= 0.6 is 22.9 Å². The van der Waals surface area contributed by atoms with Crippen LogP contribution in [0, 0.1) is 0 Å². The lowest BCUT2D eigenvalue weighted by Crippen LogP contribution is -2.19. The van der Waals surface area contributed by atoms with Crippen molar-refractivity contribution in [2.45, 2.75) is 6.42 Å². The lowest BCUT2D eigenvalue weighted by molar-refractivity contribution is -0.120. The predicted molar refractivity (Wildman–Crippen MR) is 93.4 cm³/mol. The number of methoxy groups -OCH3 is 1. The second-order valence-corrected chi connectivity index (χ2v) is 5.88. The number of aromatic nitrogens is 2. The van der Waals surface area contributed by atoms with Crippen LogP contribution in [0.4, 0.5) is 5.13 Å². The van der Waals surface area contributed by atoms with Gasteiger partial charge in [0.2, 0.25) is 16.9 Å². The van der Waals surface area contributed by atoms with Crippen molar-refractivity contribution in [1.82, 2.24) is 15.6 Å². The summed E-state index contributed by atoms with van der Waals surface area (Å²) in [4.78, 5) is 22.9. The molecule has 25 heavy (non-hydrogen) atoms. The zero-order valence-electron chi connectivity index (χ0n) is 13.0. The van der Waals surface area contributed by atoms with Gasteiger partial charge in [0, 0.05) is 5.56 Å². The van der Waals surface area contributed by atoms with Gasteiger partial charge in [-0.05, 0) is 12.1 Å². The molecule has 2 aromatic rings. The third-order valence-electron chi connectivity index (χ3n) is 2.79. The van der Waals surface area contributed by atoms with Crippen LogP contribution in [0.2, 0.25) is 0 Å². The van der Waals surface area contributed by atoms with E-state index in [0.717, 1.165) is 11.3 Å². The van der Waals surface area contributed by atoms with Crippen LogP contribution in [-0.4, -0.2) is 46.3 Å². The number of hydrogen-bond donors (Lipinski definition) is 3. The van der Waals surface area contributed by atoms with Crippen molar-refractivity contribution >= 4 is 46.1 Å². The molecule has 1 heterocycles. The number of carbonyl (C=O) groups excluding carboxylic acids is 2. The molecule has 0 aliphatic rings. The summed E-state index contributed by atoms with van der Waals surface area (Å²) in [6.45, 7) is 0. The Balaban J connectivity index is 1.90. The van der Waals surface area contributed by atoms with Gasteiger partial charge in [-0.15, -0.1) is 21.8 Å². The summed E-state index contributed by atoms with van der Waals surface area (Å²) in [5.74, 6) is -0.801. The van der Waals surface area contributed by atoms with Crippen molar-refractivity contribution in [2.75, 3.05) is 18.3 Å². The van der Waals surface area contributed by atoms with Gasteiger partial charge in [-0.3, -0.25) is 14.9 Å². The van der Waals surface area contributed by atoms with Crippen LogP contribution in [0.25, 0.3) is 0 Å². The molecule has 0 fully saturated rings. The quantitative estimate of drug-likeness (QED) is 0.373. The van der Waals surface area contributed by atoms with Gasteiger partial charge < -0.3 is 9.84 Å². The number of carbonyl (C=O) groups is 2. The number of para-hydroxylation sites is 1. The van der Waals surface area contributed by atoms with Crippen LogP contribution in [0.15, 0.2) is 23.3 Å². The Morgan fingerprint density at radius 2 is 2.20 bits per heavy atom. The largest absolute Gasteiger partial charge is 0.504 e. The number of benzene rings is 1. The van der Waals surface area contributed by atoms with E-state index in [9.17, 15) is 14.7 Å². The van der Waals surface area contributed by atoms with Gasteiger partial charge in [-0.1, -0.05) is 17.4 Å². The van der Waals surface area contributed by atoms with E-state index in [1.807, 2.05) is 0 Å². The third kappa shape index (κ3) is 5.40. The van der Waals surface area contributed by atoms with Crippen LogP contribution < -0.4 is 15.5 Å². The van der Waals surface area contributed by atoms with Crippen molar-refractivity contribution in [3.63, 3.8) is 0 Å². The van der Waals surface area contributed by atoms with Gasteiger partial charge in [0.25, 0.3) is 0 Å². The van der Waals surface area contributed by atoms with E-state index in [4.69, 9.17) is 16.3 Å². The Kier molecular flexibility index (Phi) is 6.66. The highest BCUT2D eigenvalue weighted by Crippen LogP contribution is 2.27. The van der Waals surface area contributed by atoms with E-state index >= 15 is 0 Å². The molecule has 0 bridgehead atoms. The molecular weight excluding hydrogens is 370 g/mol. The number of aromatic hydroxyl groups is 1. The van der Waals surface area contributed by atoms with Gasteiger partial charge >= 0.3 is 0 Å². The SMILES string of the molecule is COc1cccc(/C=N\NC(=O)Cc2nnc(NC(=O)CCl)s2)c1O. The molecule has 3 N–H and O–H groups in total. The smallest absolute Gasteiger partial charge is 0.247 e. The molecule has 11 heteroatoms. The Morgan fingerprint density at radius 3 is 2.92 bits per heavy atom. The molecule has 0 saturated carbocycles. The highest BCUT2D eigenvalue weighted by Gasteiger charge is 2.11. The van der Waals surface area contributed by atoms with Gasteiger partial charge in [0.1, 0.15) is 10.9 Å². The first-order valence-electron chi connectivity index (χ1n) is 6.89. The number of ether oxygens (including phenoxy) is 1. The number of nitrogens with one attached hydrogen (secondary N) is 2. The molecule has 0 aliphatic heterocycles. The summed E-state index contributed by atoms with van der Waals surface area (Å²) in [5.41, 5.74) is 2.70. The molecule has 0 unspecified atom stereocenters. The van der Waals surface area contributed by atoms with Crippen molar-refractivity contribution in [2.24, 2.45) is 5.10 Å². The molecule has 9 nitrogen and oxygen atoms in total. The lowest BCUT2D eigenvalue weighted by Gasteiger charge is -2.04. The van der Waals surface area contributed by atoms with Gasteiger partial charge in [0.15, 0.2) is 11.5 Å². The second kappa shape index (κ2) is 8.94. The van der Waals surface area contributed by atoms with Crippen LogP contribution in [0.1, 0.15) is 10.6 Å². The number of anilines is 1. The maximum absolute atomic E-state index is 11.8. The summed E-state index contributed by atoms with van der Waals surface area (Å²) >= 11 is 6.43. The zero-order chi connectivity index (χ0) is 18.2. The second-order valence-electron chi connectivity index (χ2n) is 4.55. The maximum Gasteiger partial charge on any atom is 0.247 e. The predicted octanol–water partition coefficient (Wildman–Crippen LogP) is 1.12. The number of phenolic OH excluding ortho intramolecular Hbond substituents is 1. The Morgan fingerprint density at radius 1 is 1.40 bits per heavy atom. The van der Waals surface area contributed by atoms with E-state index < -0.39 is 11.8 Å². The molecule has 0 saturated heterocycles. The fourth-order valence-corrected chi connectivity index (χ4v) is 2.51. The van der Waals surface area contributed by atoms with Crippen LogP contribution in [-0.2, 0) is 16.0 Å². The molecule has 0 aliphatic carbocycles. The molecular formula is C14H14ClN5O4S. The van der Waals surface area contributed by atoms with Crippen LogP contribution in [0.3, 0.4) is 0 Å².